The summed E-state index contributed by atoms with van der Waals surface area (Å²) in [4.78, 5) is 14.6. The van der Waals surface area contributed by atoms with E-state index < -0.39 is 18.1 Å². The normalized spacial score (nSPS) is 11.3. The molecule has 0 saturated carbocycles. The van der Waals surface area contributed by atoms with Crippen molar-refractivity contribution in [1.29, 1.82) is 5.41 Å². The molecule has 0 aromatic heterocycles. The molecule has 0 fully saturated rings. The van der Waals surface area contributed by atoms with Crippen LogP contribution in [0.4, 0.5) is 13.2 Å². The topological polar surface area (TPSA) is 101 Å². The Morgan fingerprint density at radius 3 is 2.50 bits per heavy atom. The standard InChI is InChI=1S/C11H11F3N4O2/c12-11(13,14)20-8-3-1-7(2-4-8)5-17-10(19)9(16)18-6-15/h1-4,6H,5H2,(H,17,19)(H3,15,16,18). The van der Waals surface area contributed by atoms with Crippen LogP contribution in [0.1, 0.15) is 5.56 Å². The molecule has 0 atom stereocenters. The van der Waals surface area contributed by atoms with E-state index in [-0.39, 0.29) is 12.3 Å². The lowest BCUT2D eigenvalue weighted by Crippen LogP contribution is -2.29. The number of carbonyl (C=O) groups excluding carboxylic acids is 1. The van der Waals surface area contributed by atoms with Crippen molar-refractivity contribution in [1.82, 2.24) is 5.32 Å². The van der Waals surface area contributed by atoms with Gasteiger partial charge >= 0.3 is 6.36 Å². The molecule has 0 bridgehead atoms. The van der Waals surface area contributed by atoms with Crippen LogP contribution >= 0.6 is 0 Å². The second kappa shape index (κ2) is 6.55. The highest BCUT2D eigenvalue weighted by atomic mass is 19.4. The number of hydrogen-bond donors (Lipinski definition) is 3. The second-order valence-electron chi connectivity index (χ2n) is 3.50. The van der Waals surface area contributed by atoms with E-state index in [0.717, 1.165) is 18.5 Å². The van der Waals surface area contributed by atoms with Gasteiger partial charge in [0.1, 0.15) is 5.75 Å². The number of rotatable bonds is 3. The van der Waals surface area contributed by atoms with E-state index in [2.05, 4.69) is 15.0 Å². The third-order valence-corrected chi connectivity index (χ3v) is 2.03. The molecule has 1 rings (SSSR count). The molecular weight excluding hydrogens is 277 g/mol. The lowest BCUT2D eigenvalue weighted by Gasteiger charge is -2.09. The smallest absolute Gasteiger partial charge is 0.406 e. The van der Waals surface area contributed by atoms with Gasteiger partial charge in [-0.3, -0.25) is 10.2 Å². The zero-order valence-electron chi connectivity index (χ0n) is 10.1. The molecule has 1 aromatic rings. The number of nitrogens with two attached hydrogens (primary N) is 1. The Morgan fingerprint density at radius 2 is 2.00 bits per heavy atom. The molecule has 0 radical (unpaired) electrons. The Kier molecular flexibility index (Phi) is 5.07. The van der Waals surface area contributed by atoms with Crippen molar-refractivity contribution in [3.8, 4) is 5.75 Å². The van der Waals surface area contributed by atoms with Gasteiger partial charge in [0.25, 0.3) is 5.91 Å². The Balaban J connectivity index is 2.54. The first-order valence-electron chi connectivity index (χ1n) is 5.27. The summed E-state index contributed by atoms with van der Waals surface area (Å²) in [5, 5.41) is 9.51. The minimum atomic E-state index is -4.74. The first kappa shape index (κ1) is 15.5. The second-order valence-corrected chi connectivity index (χ2v) is 3.50. The number of ether oxygens (including phenoxy) is 1. The molecule has 1 amide bonds. The van der Waals surface area contributed by atoms with Gasteiger partial charge in [-0.05, 0) is 17.7 Å². The summed E-state index contributed by atoms with van der Waals surface area (Å²) < 4.78 is 39.5. The number of carbonyl (C=O) groups is 1. The van der Waals surface area contributed by atoms with Crippen molar-refractivity contribution >= 4 is 18.1 Å². The fourth-order valence-electron chi connectivity index (χ4n) is 1.21. The van der Waals surface area contributed by atoms with E-state index in [0.29, 0.717) is 5.56 Å². The molecule has 0 heterocycles. The number of amidine groups is 1. The van der Waals surface area contributed by atoms with Gasteiger partial charge in [-0.1, -0.05) is 12.1 Å². The van der Waals surface area contributed by atoms with Gasteiger partial charge in [0.05, 0.1) is 6.34 Å². The van der Waals surface area contributed by atoms with E-state index >= 15 is 0 Å². The van der Waals surface area contributed by atoms with Crippen LogP contribution in [-0.4, -0.2) is 24.4 Å². The van der Waals surface area contributed by atoms with Crippen molar-refractivity contribution < 1.29 is 22.7 Å². The minimum Gasteiger partial charge on any atom is -0.406 e. The van der Waals surface area contributed by atoms with Crippen molar-refractivity contribution in [2.24, 2.45) is 10.7 Å². The van der Waals surface area contributed by atoms with Crippen LogP contribution in [0, 0.1) is 5.41 Å². The lowest BCUT2D eigenvalue weighted by molar-refractivity contribution is -0.274. The zero-order valence-corrected chi connectivity index (χ0v) is 10.1. The van der Waals surface area contributed by atoms with E-state index in [1.165, 1.54) is 12.1 Å². The van der Waals surface area contributed by atoms with Gasteiger partial charge in [-0.15, -0.1) is 13.2 Å². The van der Waals surface area contributed by atoms with Crippen LogP contribution in [0.15, 0.2) is 29.3 Å². The first-order valence-corrected chi connectivity index (χ1v) is 5.27. The quantitative estimate of drug-likeness (QED) is 0.574. The lowest BCUT2D eigenvalue weighted by atomic mass is 10.2. The van der Waals surface area contributed by atoms with Crippen molar-refractivity contribution in [2.75, 3.05) is 0 Å². The summed E-state index contributed by atoms with van der Waals surface area (Å²) in [5.74, 6) is -1.67. The predicted octanol–water partition coefficient (Wildman–Crippen LogP) is 1.17. The molecule has 9 heteroatoms. The monoisotopic (exact) mass is 288 g/mol. The Labute approximate surface area is 111 Å². The summed E-state index contributed by atoms with van der Waals surface area (Å²) in [5.41, 5.74) is 5.46. The van der Waals surface area contributed by atoms with Gasteiger partial charge in [0.15, 0.2) is 0 Å². The molecule has 0 aliphatic heterocycles. The van der Waals surface area contributed by atoms with Gasteiger partial charge in [0, 0.05) is 6.54 Å². The maximum atomic E-state index is 11.9. The first-order chi connectivity index (χ1) is 9.31. The van der Waals surface area contributed by atoms with E-state index in [1.54, 1.807) is 0 Å². The molecule has 0 aliphatic carbocycles. The van der Waals surface area contributed by atoms with Crippen LogP contribution in [-0.2, 0) is 11.3 Å². The third-order valence-electron chi connectivity index (χ3n) is 2.03. The van der Waals surface area contributed by atoms with Gasteiger partial charge in [0.2, 0.25) is 5.84 Å². The summed E-state index contributed by atoms with van der Waals surface area (Å²) in [6, 6.07) is 4.96. The minimum absolute atomic E-state index is 0.0353. The molecule has 108 valence electrons. The Hall–Kier alpha value is -2.58. The third kappa shape index (κ3) is 5.38. The Bertz CT molecular complexity index is 511. The van der Waals surface area contributed by atoms with Gasteiger partial charge in [-0.25, -0.2) is 4.99 Å². The molecule has 0 saturated heterocycles. The van der Waals surface area contributed by atoms with E-state index in [9.17, 15) is 18.0 Å². The van der Waals surface area contributed by atoms with Crippen molar-refractivity contribution in [2.45, 2.75) is 12.9 Å². The SMILES string of the molecule is N=C(/N=C\N)C(=O)NCc1ccc(OC(F)(F)F)cc1. The number of benzene rings is 1. The fourth-order valence-corrected chi connectivity index (χ4v) is 1.21. The highest BCUT2D eigenvalue weighted by molar-refractivity contribution is 6.37. The van der Waals surface area contributed by atoms with Crippen LogP contribution in [0.5, 0.6) is 5.75 Å². The van der Waals surface area contributed by atoms with E-state index in [4.69, 9.17) is 11.1 Å². The number of halogens is 3. The number of nitrogens with one attached hydrogen (secondary N) is 2. The molecule has 0 unspecified atom stereocenters. The van der Waals surface area contributed by atoms with Crippen LogP contribution in [0.2, 0.25) is 0 Å². The molecule has 0 aliphatic rings. The molecule has 0 spiro atoms. The average molecular weight is 288 g/mol. The predicted molar refractivity (Wildman–Crippen MR) is 65.4 cm³/mol. The molecule has 20 heavy (non-hydrogen) atoms. The van der Waals surface area contributed by atoms with Crippen LogP contribution in [0.25, 0.3) is 0 Å². The van der Waals surface area contributed by atoms with Crippen LogP contribution in [0.3, 0.4) is 0 Å². The number of amides is 1. The summed E-state index contributed by atoms with van der Waals surface area (Å²) >= 11 is 0. The van der Waals surface area contributed by atoms with Crippen molar-refractivity contribution in [3.05, 3.63) is 29.8 Å². The number of alkyl halides is 3. The molecule has 1 aromatic carbocycles. The summed E-state index contributed by atoms with van der Waals surface area (Å²) in [6.07, 6.45) is -3.93. The maximum absolute atomic E-state index is 11.9. The highest BCUT2D eigenvalue weighted by Gasteiger charge is 2.30. The molecule has 4 N–H and O–H groups in total. The maximum Gasteiger partial charge on any atom is 0.573 e. The Morgan fingerprint density at radius 1 is 1.40 bits per heavy atom. The number of hydrogen-bond acceptors (Lipinski definition) is 3. The summed E-state index contributed by atoms with van der Waals surface area (Å²) in [7, 11) is 0. The molecule has 6 nitrogen and oxygen atoms in total. The largest absolute Gasteiger partial charge is 0.573 e. The number of nitrogens with zero attached hydrogens (tertiary/aromatic N) is 1. The van der Waals surface area contributed by atoms with Gasteiger partial charge in [-0.2, -0.15) is 0 Å². The zero-order chi connectivity index (χ0) is 15.2. The van der Waals surface area contributed by atoms with E-state index in [1.807, 2.05) is 0 Å². The average Bonchev–Trinajstić information content (AvgIpc) is 2.36. The van der Waals surface area contributed by atoms with Crippen molar-refractivity contribution in [3.63, 3.8) is 0 Å². The van der Waals surface area contributed by atoms with Gasteiger partial charge < -0.3 is 15.8 Å². The highest BCUT2D eigenvalue weighted by Crippen LogP contribution is 2.22. The summed E-state index contributed by atoms with van der Waals surface area (Å²) in [6.45, 7) is 0.0353. The number of aliphatic imine (C=N–C) groups is 1. The fraction of sp³-hybridized carbons (Fsp3) is 0.182. The van der Waals surface area contributed by atoms with Crippen LogP contribution < -0.4 is 15.8 Å². The molecular formula is C11H11F3N4O2.